The van der Waals surface area contributed by atoms with E-state index in [0.29, 0.717) is 18.3 Å². The van der Waals surface area contributed by atoms with Crippen molar-refractivity contribution in [1.29, 1.82) is 0 Å². The summed E-state index contributed by atoms with van der Waals surface area (Å²) < 4.78 is 39.6. The maximum absolute atomic E-state index is 13.9. The number of rotatable bonds is 2. The average molecular weight is 229 g/mol. The Morgan fingerprint density at radius 2 is 2.62 bits per heavy atom. The Morgan fingerprint density at radius 3 is 3.31 bits per heavy atom. The van der Waals surface area contributed by atoms with E-state index in [1.165, 1.54) is 6.20 Å². The molecule has 2 N–H and O–H groups in total. The van der Waals surface area contributed by atoms with Crippen molar-refractivity contribution in [3.05, 3.63) is 12.3 Å². The first-order valence-electron chi connectivity index (χ1n) is 6.50. The van der Waals surface area contributed by atoms with Gasteiger partial charge in [0.1, 0.15) is 12.0 Å². The molecule has 1 saturated heterocycles. The van der Waals surface area contributed by atoms with E-state index in [-0.39, 0.29) is 13.0 Å². The van der Waals surface area contributed by atoms with Gasteiger partial charge in [-0.25, -0.2) is 9.37 Å². The van der Waals surface area contributed by atoms with Crippen molar-refractivity contribution < 1.29 is 13.2 Å². The molecular weight excluding hydrogens is 211 g/mol. The molecule has 0 radical (unpaired) electrons. The molecular formula is C10H15FN4O. The van der Waals surface area contributed by atoms with E-state index in [4.69, 9.17) is 14.6 Å². The Hall–Kier alpha value is -1.43. The van der Waals surface area contributed by atoms with Crippen LogP contribution in [0.1, 0.15) is 10.5 Å². The van der Waals surface area contributed by atoms with Crippen molar-refractivity contribution in [2.24, 2.45) is 0 Å². The Morgan fingerprint density at radius 1 is 1.75 bits per heavy atom. The van der Waals surface area contributed by atoms with Crippen LogP contribution < -0.4 is 10.6 Å². The molecule has 0 aromatic carbocycles. The van der Waals surface area contributed by atoms with Crippen molar-refractivity contribution >= 4 is 11.8 Å². The van der Waals surface area contributed by atoms with Crippen molar-refractivity contribution in [3.63, 3.8) is 0 Å². The lowest BCUT2D eigenvalue weighted by Crippen LogP contribution is -2.46. The van der Waals surface area contributed by atoms with Crippen LogP contribution in [0.3, 0.4) is 0 Å². The molecule has 16 heavy (non-hydrogen) atoms. The lowest BCUT2D eigenvalue weighted by atomic mass is 10.1. The molecule has 1 aliphatic heterocycles. The van der Waals surface area contributed by atoms with Crippen LogP contribution >= 0.6 is 0 Å². The fourth-order valence-electron chi connectivity index (χ4n) is 1.71. The average Bonchev–Trinajstić information content (AvgIpc) is 2.30. The molecule has 0 amide bonds. The predicted molar refractivity (Wildman–Crippen MR) is 59.0 cm³/mol. The number of alkyl halides is 1. The van der Waals surface area contributed by atoms with Gasteiger partial charge in [-0.3, -0.25) is 0 Å². The summed E-state index contributed by atoms with van der Waals surface area (Å²) in [6, 6.07) is 1.54. The number of hydrogen-bond donors (Lipinski definition) is 1. The second-order valence-electron chi connectivity index (χ2n) is 3.69. The van der Waals surface area contributed by atoms with Crippen LogP contribution in [0.5, 0.6) is 0 Å². The van der Waals surface area contributed by atoms with E-state index < -0.39 is 19.3 Å². The monoisotopic (exact) mass is 229 g/mol. The molecule has 0 saturated carbocycles. The predicted octanol–water partition coefficient (Wildman–Crippen LogP) is 0.622. The van der Waals surface area contributed by atoms with Gasteiger partial charge in [-0.05, 0) is 12.5 Å². The highest BCUT2D eigenvalue weighted by atomic mass is 19.1. The van der Waals surface area contributed by atoms with E-state index in [9.17, 15) is 4.39 Å². The smallest absolute Gasteiger partial charge is 0.227 e. The number of nitrogens with zero attached hydrogens (tertiary/aromatic N) is 3. The standard InChI is InChI=1S/C10H15FN4O/c1-16-8-3-5-15(6-7(8)11)10-13-4-2-9(12)14-10/h2,4,7-8H,3,5-6H2,1H3,(H2,12,13,14)/t7-,8+/m0/s1/i1D3. The topological polar surface area (TPSA) is 64.3 Å². The second kappa shape index (κ2) is 4.61. The zero-order valence-corrected chi connectivity index (χ0v) is 8.64. The van der Waals surface area contributed by atoms with Crippen LogP contribution in [-0.4, -0.2) is 42.4 Å². The minimum absolute atomic E-state index is 0.00972. The van der Waals surface area contributed by atoms with Gasteiger partial charge in [0, 0.05) is 19.8 Å². The van der Waals surface area contributed by atoms with Crippen LogP contribution in [0, 0.1) is 0 Å². The zero-order chi connectivity index (χ0) is 14.0. The Bertz CT molecular complexity index is 445. The highest BCUT2D eigenvalue weighted by Crippen LogP contribution is 2.20. The van der Waals surface area contributed by atoms with Gasteiger partial charge in [0.05, 0.1) is 16.8 Å². The SMILES string of the molecule is [2H]C([2H])([2H])O[C@@H]1CCN(c2nccc(N)n2)C[C@@H]1F. The quantitative estimate of drug-likeness (QED) is 0.805. The molecule has 0 bridgehead atoms. The van der Waals surface area contributed by atoms with E-state index in [0.717, 1.165) is 0 Å². The number of aromatic nitrogens is 2. The number of halogens is 1. The van der Waals surface area contributed by atoms with Crippen molar-refractivity contribution in [2.45, 2.75) is 18.7 Å². The molecule has 2 rings (SSSR count). The van der Waals surface area contributed by atoms with Crippen molar-refractivity contribution in [1.82, 2.24) is 9.97 Å². The molecule has 0 unspecified atom stereocenters. The zero-order valence-electron chi connectivity index (χ0n) is 11.6. The Balaban J connectivity index is 2.00. The van der Waals surface area contributed by atoms with Gasteiger partial charge in [0.15, 0.2) is 0 Å². The van der Waals surface area contributed by atoms with Crippen LogP contribution in [0.25, 0.3) is 0 Å². The van der Waals surface area contributed by atoms with Gasteiger partial charge in [-0.2, -0.15) is 4.98 Å². The van der Waals surface area contributed by atoms with E-state index in [2.05, 4.69) is 9.97 Å². The molecule has 2 atom stereocenters. The normalized spacial score (nSPS) is 29.3. The number of nitrogens with two attached hydrogens (primary N) is 1. The van der Waals surface area contributed by atoms with Crippen molar-refractivity contribution in [2.75, 3.05) is 30.8 Å². The fourth-order valence-corrected chi connectivity index (χ4v) is 1.71. The number of piperidine rings is 1. The lowest BCUT2D eigenvalue weighted by molar-refractivity contribution is 0.0194. The molecule has 1 aromatic rings. The maximum Gasteiger partial charge on any atom is 0.227 e. The second-order valence-corrected chi connectivity index (χ2v) is 3.69. The minimum atomic E-state index is -2.58. The summed E-state index contributed by atoms with van der Waals surface area (Å²) in [4.78, 5) is 9.64. The number of nitrogen functional groups attached to an aromatic ring is 1. The first-order valence-corrected chi connectivity index (χ1v) is 5.00. The first kappa shape index (κ1) is 7.78. The molecule has 88 valence electrons. The van der Waals surface area contributed by atoms with Crippen LogP contribution in [-0.2, 0) is 4.74 Å². The minimum Gasteiger partial charge on any atom is -0.384 e. The van der Waals surface area contributed by atoms with Crippen LogP contribution in [0.4, 0.5) is 16.2 Å². The Labute approximate surface area is 97.6 Å². The van der Waals surface area contributed by atoms with Gasteiger partial charge < -0.3 is 15.4 Å². The number of hydrogen-bond acceptors (Lipinski definition) is 5. The van der Waals surface area contributed by atoms with Crippen molar-refractivity contribution in [3.8, 4) is 0 Å². The number of anilines is 2. The molecule has 1 fully saturated rings. The molecule has 6 heteroatoms. The largest absolute Gasteiger partial charge is 0.384 e. The summed E-state index contributed by atoms with van der Waals surface area (Å²) in [6.45, 7) is 0.412. The third-order valence-electron chi connectivity index (χ3n) is 2.58. The van der Waals surface area contributed by atoms with Gasteiger partial charge in [0.2, 0.25) is 5.95 Å². The summed E-state index contributed by atoms with van der Waals surface area (Å²) in [5, 5.41) is 0. The Kier molecular flexibility index (Phi) is 2.24. The molecule has 2 heterocycles. The van der Waals surface area contributed by atoms with Crippen LogP contribution in [0.15, 0.2) is 12.3 Å². The molecule has 0 spiro atoms. The summed E-state index contributed by atoms with van der Waals surface area (Å²) in [6.07, 6.45) is -0.572. The van der Waals surface area contributed by atoms with E-state index >= 15 is 0 Å². The highest BCUT2D eigenvalue weighted by Gasteiger charge is 2.30. The van der Waals surface area contributed by atoms with Gasteiger partial charge in [0.25, 0.3) is 0 Å². The molecule has 1 aliphatic rings. The van der Waals surface area contributed by atoms with Gasteiger partial charge in [-0.1, -0.05) is 0 Å². The molecule has 1 aromatic heterocycles. The summed E-state index contributed by atoms with van der Waals surface area (Å²) in [7, 11) is -2.58. The summed E-state index contributed by atoms with van der Waals surface area (Å²) >= 11 is 0. The van der Waals surface area contributed by atoms with Crippen LogP contribution in [0.2, 0.25) is 0 Å². The van der Waals surface area contributed by atoms with Gasteiger partial charge >= 0.3 is 0 Å². The van der Waals surface area contributed by atoms with E-state index in [1.807, 2.05) is 0 Å². The van der Waals surface area contributed by atoms with Gasteiger partial charge in [-0.15, -0.1) is 0 Å². The fraction of sp³-hybridized carbons (Fsp3) is 0.600. The molecule has 5 nitrogen and oxygen atoms in total. The maximum atomic E-state index is 13.9. The van der Waals surface area contributed by atoms with E-state index in [1.54, 1.807) is 11.0 Å². The summed E-state index contributed by atoms with van der Waals surface area (Å²) in [5.41, 5.74) is 5.54. The number of ether oxygens (including phenoxy) is 1. The first-order chi connectivity index (χ1) is 8.85. The third kappa shape index (κ3) is 2.21. The highest BCUT2D eigenvalue weighted by molar-refractivity contribution is 5.38. The lowest BCUT2D eigenvalue weighted by Gasteiger charge is -2.33. The number of methoxy groups -OCH3 is 1. The third-order valence-corrected chi connectivity index (χ3v) is 2.58. The molecule has 0 aliphatic carbocycles. The summed E-state index contributed by atoms with van der Waals surface area (Å²) in [5.74, 6) is 0.649.